The monoisotopic (exact) mass is 357 g/mol. The Morgan fingerprint density at radius 2 is 1.38 bits per heavy atom. The van der Waals surface area contributed by atoms with E-state index in [1.165, 1.54) is 5.56 Å². The van der Waals surface area contributed by atoms with Gasteiger partial charge >= 0.3 is 0 Å². The molecule has 0 aliphatic rings. The zero-order valence-electron chi connectivity index (χ0n) is 17.8. The minimum absolute atomic E-state index is 0.139. The van der Waals surface area contributed by atoms with E-state index in [1.54, 1.807) is 0 Å². The minimum atomic E-state index is -0.139. The standard InChI is InChI=1S/C10H15NS.C5H10O.3C2H6/c1-9(11)7-12-8-10-5-3-2-4-6-10;1-5(2,3)4-6;3*1-2/h2-6,9H,7-8,11H2,1H3;4H,1-3H3;3*1-2H3. The van der Waals surface area contributed by atoms with E-state index in [4.69, 9.17) is 5.73 Å². The molecule has 144 valence electrons. The number of nitrogens with two attached hydrogens (primary N) is 1. The molecule has 1 atom stereocenters. The van der Waals surface area contributed by atoms with Gasteiger partial charge in [-0.05, 0) is 12.5 Å². The lowest BCUT2D eigenvalue weighted by Crippen LogP contribution is -2.17. The number of rotatable bonds is 4. The third-order valence-electron chi connectivity index (χ3n) is 1.85. The van der Waals surface area contributed by atoms with Gasteiger partial charge in [0.25, 0.3) is 0 Å². The minimum Gasteiger partial charge on any atom is -0.327 e. The molecular weight excluding hydrogens is 314 g/mol. The molecule has 0 aliphatic carbocycles. The van der Waals surface area contributed by atoms with Gasteiger partial charge in [0.15, 0.2) is 0 Å². The van der Waals surface area contributed by atoms with Gasteiger partial charge in [0.1, 0.15) is 6.29 Å². The first kappa shape index (κ1) is 31.0. The van der Waals surface area contributed by atoms with Gasteiger partial charge in [-0.15, -0.1) is 0 Å². The first-order valence-electron chi connectivity index (χ1n) is 9.18. The van der Waals surface area contributed by atoms with Crippen LogP contribution in [-0.4, -0.2) is 18.1 Å². The average Bonchev–Trinajstić information content (AvgIpc) is 2.61. The molecule has 3 heteroatoms. The third-order valence-corrected chi connectivity index (χ3v) is 3.14. The van der Waals surface area contributed by atoms with E-state index >= 15 is 0 Å². The van der Waals surface area contributed by atoms with Crippen molar-refractivity contribution in [2.45, 2.75) is 81.0 Å². The molecule has 0 saturated carbocycles. The second kappa shape index (κ2) is 24.5. The highest BCUT2D eigenvalue weighted by molar-refractivity contribution is 7.98. The molecule has 24 heavy (non-hydrogen) atoms. The highest BCUT2D eigenvalue weighted by Crippen LogP contribution is 2.11. The smallest absolute Gasteiger partial charge is 0.125 e. The molecule has 0 aromatic heterocycles. The molecular formula is C21H43NOS. The van der Waals surface area contributed by atoms with Crippen LogP contribution in [0.4, 0.5) is 0 Å². The van der Waals surface area contributed by atoms with Crippen molar-refractivity contribution in [3.8, 4) is 0 Å². The average molecular weight is 358 g/mol. The molecule has 0 fully saturated rings. The Bertz CT molecular complexity index is 318. The summed E-state index contributed by atoms with van der Waals surface area (Å²) in [4.78, 5) is 9.83. The van der Waals surface area contributed by atoms with Crippen LogP contribution in [0.25, 0.3) is 0 Å². The number of benzene rings is 1. The van der Waals surface area contributed by atoms with E-state index in [0.29, 0.717) is 6.04 Å². The zero-order chi connectivity index (χ0) is 20.0. The van der Waals surface area contributed by atoms with Crippen molar-refractivity contribution in [2.75, 3.05) is 5.75 Å². The molecule has 0 amide bonds. The number of thioether (sulfide) groups is 1. The Morgan fingerprint density at radius 1 is 1.00 bits per heavy atom. The SMILES string of the molecule is CC.CC.CC.CC(C)(C)C=O.CC(N)CSCc1ccccc1. The van der Waals surface area contributed by atoms with Crippen LogP contribution in [-0.2, 0) is 10.5 Å². The lowest BCUT2D eigenvalue weighted by atomic mass is 10.0. The summed E-state index contributed by atoms with van der Waals surface area (Å²) in [6.07, 6.45) is 0.938. The van der Waals surface area contributed by atoms with Crippen molar-refractivity contribution >= 4 is 18.0 Å². The van der Waals surface area contributed by atoms with Crippen LogP contribution < -0.4 is 5.73 Å². The summed E-state index contributed by atoms with van der Waals surface area (Å²) in [5.74, 6) is 2.11. The summed E-state index contributed by atoms with van der Waals surface area (Å²) >= 11 is 1.89. The maximum Gasteiger partial charge on any atom is 0.125 e. The molecule has 2 nitrogen and oxygen atoms in total. The first-order valence-corrected chi connectivity index (χ1v) is 10.3. The third kappa shape index (κ3) is 33.0. The molecule has 2 N–H and O–H groups in total. The molecule has 0 spiro atoms. The number of aldehydes is 1. The Hall–Kier alpha value is -0.800. The second-order valence-electron chi connectivity index (χ2n) is 5.46. The summed E-state index contributed by atoms with van der Waals surface area (Å²) in [5, 5.41) is 0. The molecule has 1 rings (SSSR count). The molecule has 1 aromatic carbocycles. The summed E-state index contributed by atoms with van der Waals surface area (Å²) < 4.78 is 0. The maximum atomic E-state index is 9.83. The number of carbonyl (C=O) groups is 1. The fourth-order valence-electron chi connectivity index (χ4n) is 0.937. The van der Waals surface area contributed by atoms with E-state index in [1.807, 2.05) is 87.1 Å². The maximum absolute atomic E-state index is 9.83. The van der Waals surface area contributed by atoms with Gasteiger partial charge < -0.3 is 10.5 Å². The van der Waals surface area contributed by atoms with Gasteiger partial charge in [0.05, 0.1) is 0 Å². The van der Waals surface area contributed by atoms with Crippen molar-refractivity contribution in [3.63, 3.8) is 0 Å². The topological polar surface area (TPSA) is 43.1 Å². The number of carbonyl (C=O) groups excluding carboxylic acids is 1. The highest BCUT2D eigenvalue weighted by atomic mass is 32.2. The Balaban J connectivity index is -0.000000141. The van der Waals surface area contributed by atoms with Crippen molar-refractivity contribution in [1.82, 2.24) is 0 Å². The van der Waals surface area contributed by atoms with Crippen LogP contribution in [0.5, 0.6) is 0 Å². The van der Waals surface area contributed by atoms with Crippen molar-refractivity contribution in [3.05, 3.63) is 35.9 Å². The van der Waals surface area contributed by atoms with E-state index in [9.17, 15) is 4.79 Å². The predicted molar refractivity (Wildman–Crippen MR) is 116 cm³/mol. The van der Waals surface area contributed by atoms with Crippen molar-refractivity contribution in [1.29, 1.82) is 0 Å². The molecule has 0 aliphatic heterocycles. The van der Waals surface area contributed by atoms with Gasteiger partial charge in [0.2, 0.25) is 0 Å². The van der Waals surface area contributed by atoms with E-state index in [0.717, 1.165) is 17.8 Å². The van der Waals surface area contributed by atoms with Crippen molar-refractivity contribution in [2.24, 2.45) is 11.1 Å². The fraction of sp³-hybridized carbons (Fsp3) is 0.667. The van der Waals surface area contributed by atoms with Gasteiger partial charge in [-0.2, -0.15) is 11.8 Å². The van der Waals surface area contributed by atoms with Crippen LogP contribution in [0.1, 0.15) is 74.8 Å². The zero-order valence-corrected chi connectivity index (χ0v) is 18.7. The van der Waals surface area contributed by atoms with Crippen LogP contribution >= 0.6 is 11.8 Å². The summed E-state index contributed by atoms with van der Waals surface area (Å²) in [5.41, 5.74) is 6.87. The summed E-state index contributed by atoms with van der Waals surface area (Å²) in [6, 6.07) is 10.8. The van der Waals surface area contributed by atoms with Gasteiger partial charge in [0, 0.05) is 23.0 Å². The van der Waals surface area contributed by atoms with E-state index in [2.05, 4.69) is 24.3 Å². The van der Waals surface area contributed by atoms with Crippen LogP contribution in [0.15, 0.2) is 30.3 Å². The predicted octanol–water partition coefficient (Wildman–Crippen LogP) is 6.58. The number of hydrogen-bond acceptors (Lipinski definition) is 3. The summed E-state index contributed by atoms with van der Waals surface area (Å²) in [6.45, 7) is 19.7. The highest BCUT2D eigenvalue weighted by Gasteiger charge is 2.04. The van der Waals surface area contributed by atoms with Crippen LogP contribution in [0.2, 0.25) is 0 Å². The lowest BCUT2D eigenvalue weighted by Gasteiger charge is -2.03. The molecule has 1 aromatic rings. The Morgan fingerprint density at radius 3 is 1.67 bits per heavy atom. The number of hydrogen-bond donors (Lipinski definition) is 1. The van der Waals surface area contributed by atoms with Crippen molar-refractivity contribution < 1.29 is 4.79 Å². The van der Waals surface area contributed by atoms with E-state index in [-0.39, 0.29) is 5.41 Å². The Kier molecular flexibility index (Phi) is 31.6. The lowest BCUT2D eigenvalue weighted by molar-refractivity contribution is -0.113. The van der Waals surface area contributed by atoms with Gasteiger partial charge in [-0.1, -0.05) is 92.6 Å². The quantitative estimate of drug-likeness (QED) is 0.619. The van der Waals surface area contributed by atoms with E-state index < -0.39 is 0 Å². The molecule has 0 bridgehead atoms. The summed E-state index contributed by atoms with van der Waals surface area (Å²) in [7, 11) is 0. The molecule has 0 heterocycles. The molecule has 0 saturated heterocycles. The van der Waals surface area contributed by atoms with Crippen LogP contribution in [0.3, 0.4) is 0 Å². The largest absolute Gasteiger partial charge is 0.327 e. The molecule has 1 unspecified atom stereocenters. The van der Waals surface area contributed by atoms with Crippen LogP contribution in [0, 0.1) is 5.41 Å². The second-order valence-corrected chi connectivity index (χ2v) is 6.49. The molecule has 0 radical (unpaired) electrons. The Labute approximate surface area is 157 Å². The first-order chi connectivity index (χ1) is 11.3. The van der Waals surface area contributed by atoms with Gasteiger partial charge in [-0.3, -0.25) is 0 Å². The normalized spacial score (nSPS) is 9.96. The van der Waals surface area contributed by atoms with Gasteiger partial charge in [-0.25, -0.2) is 0 Å². The fourth-order valence-corrected chi connectivity index (χ4v) is 1.85.